The predicted molar refractivity (Wildman–Crippen MR) is 119 cm³/mol. The number of carboxylic acid groups (broad SMARTS) is 1. The highest BCUT2D eigenvalue weighted by molar-refractivity contribution is 8.03. The fraction of sp³-hybridized carbons (Fsp3) is 0.750. The van der Waals surface area contributed by atoms with Gasteiger partial charge >= 0.3 is 5.97 Å². The van der Waals surface area contributed by atoms with Crippen LogP contribution in [0.3, 0.4) is 0 Å². The Balaban J connectivity index is 1.53. The Kier molecular flexibility index (Phi) is 7.95. The van der Waals surface area contributed by atoms with Crippen LogP contribution in [0, 0.1) is 11.8 Å². The quantitative estimate of drug-likeness (QED) is 0.240. The largest absolute Gasteiger partial charge is 0.477 e. The molecule has 0 aromatic heterocycles. The normalized spacial score (nSPS) is 30.9. The number of thioether (sulfide) groups is 2. The van der Waals surface area contributed by atoms with Crippen molar-refractivity contribution in [3.05, 3.63) is 10.6 Å². The molecule has 0 aromatic carbocycles. The number of hydrogen-bond donors (Lipinski definition) is 3. The van der Waals surface area contributed by atoms with Crippen LogP contribution in [-0.4, -0.2) is 93.6 Å². The second-order valence-electron chi connectivity index (χ2n) is 8.25. The van der Waals surface area contributed by atoms with E-state index in [1.54, 1.807) is 37.5 Å². The first-order valence-electron chi connectivity index (χ1n) is 10.4. The summed E-state index contributed by atoms with van der Waals surface area (Å²) >= 11 is 3.26. The Labute approximate surface area is 190 Å². The van der Waals surface area contributed by atoms with Crippen molar-refractivity contribution < 1.29 is 29.4 Å². The average molecular weight is 474 g/mol. The lowest BCUT2D eigenvalue weighted by Gasteiger charge is -2.46. The van der Waals surface area contributed by atoms with Crippen molar-refractivity contribution in [1.29, 1.82) is 0 Å². The minimum atomic E-state index is -1.09. The standard InChI is InChI=1S/C20H31N3O6S2/c1-10-16-15(11(2)24)19(26)23(16)17(20(27)28)18(10)31-13-7-12(21-8-13)9-30-6-5-14(25)22(3)29-4/h10-13,15-16,21,24H,5-9H2,1-4H3,(H,27,28)/t10-,11-,12+,13+,15-,16-/m1/s1. The summed E-state index contributed by atoms with van der Waals surface area (Å²) in [6.45, 7) is 4.30. The van der Waals surface area contributed by atoms with Crippen molar-refractivity contribution in [3.63, 3.8) is 0 Å². The highest BCUT2D eigenvalue weighted by atomic mass is 32.2. The molecular weight excluding hydrogens is 442 g/mol. The van der Waals surface area contributed by atoms with Gasteiger partial charge in [-0.25, -0.2) is 9.86 Å². The topological polar surface area (TPSA) is 119 Å². The SMILES string of the molecule is CON(C)C(=O)CCSC[C@@H]1C[C@H](SC2=C(C(=O)O)N3C(=O)[C@H]([C@@H](C)O)[C@H]3[C@H]2C)CN1. The molecule has 31 heavy (non-hydrogen) atoms. The molecule has 3 aliphatic heterocycles. The third-order valence-corrected chi connectivity index (χ3v) is 8.83. The van der Waals surface area contributed by atoms with Crippen LogP contribution in [0.1, 0.15) is 26.7 Å². The summed E-state index contributed by atoms with van der Waals surface area (Å²) < 4.78 is 0. The maximum atomic E-state index is 12.4. The third kappa shape index (κ3) is 4.90. The summed E-state index contributed by atoms with van der Waals surface area (Å²) in [4.78, 5) is 43.1. The predicted octanol–water partition coefficient (Wildman–Crippen LogP) is 0.747. The number of rotatable bonds is 10. The molecule has 0 spiro atoms. The molecule has 3 aliphatic rings. The molecule has 3 rings (SSSR count). The Morgan fingerprint density at radius 1 is 1.42 bits per heavy atom. The van der Waals surface area contributed by atoms with Gasteiger partial charge in [-0.15, -0.1) is 11.8 Å². The number of aliphatic carboxylic acids is 1. The minimum Gasteiger partial charge on any atom is -0.477 e. The minimum absolute atomic E-state index is 0.0548. The van der Waals surface area contributed by atoms with Gasteiger partial charge in [-0.2, -0.15) is 11.8 Å². The van der Waals surface area contributed by atoms with Crippen LogP contribution in [0.4, 0.5) is 0 Å². The highest BCUT2D eigenvalue weighted by Crippen LogP contribution is 2.51. The van der Waals surface area contributed by atoms with E-state index in [9.17, 15) is 24.6 Å². The molecule has 11 heteroatoms. The van der Waals surface area contributed by atoms with Crippen molar-refractivity contribution in [2.45, 2.75) is 50.1 Å². The molecule has 3 heterocycles. The second kappa shape index (κ2) is 10.1. The number of carbonyl (C=O) groups is 3. The smallest absolute Gasteiger partial charge is 0.353 e. The van der Waals surface area contributed by atoms with Crippen LogP contribution >= 0.6 is 23.5 Å². The van der Waals surface area contributed by atoms with Crippen LogP contribution in [0.5, 0.6) is 0 Å². The number of fused-ring (bicyclic) bond motifs is 1. The van der Waals surface area contributed by atoms with Gasteiger partial charge in [0.15, 0.2) is 0 Å². The third-order valence-electron chi connectivity index (χ3n) is 6.19. The van der Waals surface area contributed by atoms with Crippen LogP contribution in [0.15, 0.2) is 10.6 Å². The van der Waals surface area contributed by atoms with E-state index >= 15 is 0 Å². The number of aliphatic hydroxyl groups is 1. The molecule has 9 nitrogen and oxygen atoms in total. The second-order valence-corrected chi connectivity index (χ2v) is 10.7. The molecule has 2 fully saturated rings. The fourth-order valence-corrected chi connectivity index (χ4v) is 7.04. The number of aliphatic hydroxyl groups excluding tert-OH is 1. The number of β-lactam (4-membered cyclic amide) rings is 1. The Bertz CT molecular complexity index is 761. The number of nitrogens with one attached hydrogen (secondary N) is 1. The Morgan fingerprint density at radius 3 is 2.74 bits per heavy atom. The molecule has 2 amide bonds. The number of carbonyl (C=O) groups excluding carboxylic acids is 2. The van der Waals surface area contributed by atoms with Crippen molar-refractivity contribution in [1.82, 2.24) is 15.3 Å². The van der Waals surface area contributed by atoms with Gasteiger partial charge in [-0.05, 0) is 13.3 Å². The molecule has 2 saturated heterocycles. The lowest BCUT2D eigenvalue weighted by atomic mass is 9.79. The van der Waals surface area contributed by atoms with Crippen molar-refractivity contribution in [2.24, 2.45) is 11.8 Å². The van der Waals surface area contributed by atoms with Gasteiger partial charge in [-0.3, -0.25) is 14.4 Å². The summed E-state index contributed by atoms with van der Waals surface area (Å²) in [7, 11) is 3.06. The van der Waals surface area contributed by atoms with Crippen LogP contribution in [-0.2, 0) is 19.2 Å². The number of hydrogen-bond acceptors (Lipinski definition) is 8. The zero-order valence-electron chi connectivity index (χ0n) is 18.2. The fourth-order valence-electron chi connectivity index (χ4n) is 4.50. The van der Waals surface area contributed by atoms with E-state index in [-0.39, 0.29) is 34.7 Å². The van der Waals surface area contributed by atoms with E-state index in [2.05, 4.69) is 5.32 Å². The van der Waals surface area contributed by atoms with E-state index in [1.807, 2.05) is 6.92 Å². The van der Waals surface area contributed by atoms with Gasteiger partial charge in [0.2, 0.25) is 11.8 Å². The summed E-state index contributed by atoms with van der Waals surface area (Å²) in [6.07, 6.45) is 0.522. The molecule has 3 N–H and O–H groups in total. The van der Waals surface area contributed by atoms with E-state index in [4.69, 9.17) is 4.84 Å². The van der Waals surface area contributed by atoms with Crippen LogP contribution in [0.2, 0.25) is 0 Å². The van der Waals surface area contributed by atoms with Crippen molar-refractivity contribution in [3.8, 4) is 0 Å². The summed E-state index contributed by atoms with van der Waals surface area (Å²) in [5.41, 5.74) is 0.0861. The van der Waals surface area contributed by atoms with Gasteiger partial charge in [-0.1, -0.05) is 6.92 Å². The molecule has 0 saturated carbocycles. The highest BCUT2D eigenvalue weighted by Gasteiger charge is 2.60. The zero-order chi connectivity index (χ0) is 22.9. The first-order valence-corrected chi connectivity index (χ1v) is 12.5. The van der Waals surface area contributed by atoms with Gasteiger partial charge in [0.05, 0.1) is 25.2 Å². The molecular formula is C20H31N3O6S2. The lowest BCUT2D eigenvalue weighted by molar-refractivity contribution is -0.168. The number of hydroxylamine groups is 2. The molecule has 0 aliphatic carbocycles. The molecule has 0 radical (unpaired) electrons. The average Bonchev–Trinajstić information content (AvgIpc) is 3.25. The van der Waals surface area contributed by atoms with E-state index < -0.39 is 18.0 Å². The van der Waals surface area contributed by atoms with Crippen LogP contribution < -0.4 is 5.32 Å². The molecule has 0 aromatic rings. The Morgan fingerprint density at radius 2 is 2.13 bits per heavy atom. The number of carboxylic acids is 1. The monoisotopic (exact) mass is 473 g/mol. The Hall–Kier alpha value is -1.27. The number of amides is 2. The number of nitrogens with zero attached hydrogens (tertiary/aromatic N) is 2. The summed E-state index contributed by atoms with van der Waals surface area (Å²) in [6, 6.07) is 0.0248. The first-order chi connectivity index (χ1) is 14.7. The van der Waals surface area contributed by atoms with Gasteiger partial charge in [0.1, 0.15) is 5.70 Å². The first kappa shape index (κ1) is 24.4. The van der Waals surface area contributed by atoms with E-state index in [0.717, 1.165) is 23.6 Å². The molecule has 6 atom stereocenters. The molecule has 174 valence electrons. The molecule has 0 bridgehead atoms. The van der Waals surface area contributed by atoms with Crippen LogP contribution in [0.25, 0.3) is 0 Å². The van der Waals surface area contributed by atoms with Gasteiger partial charge in [0, 0.05) is 53.6 Å². The maximum absolute atomic E-state index is 12.4. The van der Waals surface area contributed by atoms with Gasteiger partial charge in [0.25, 0.3) is 0 Å². The van der Waals surface area contributed by atoms with E-state index in [1.165, 1.54) is 17.1 Å². The van der Waals surface area contributed by atoms with E-state index in [0.29, 0.717) is 18.2 Å². The summed E-state index contributed by atoms with van der Waals surface area (Å²) in [5, 5.41) is 24.6. The summed E-state index contributed by atoms with van der Waals surface area (Å²) in [5.74, 6) is -0.489. The lowest BCUT2D eigenvalue weighted by Crippen LogP contribution is -2.63. The zero-order valence-corrected chi connectivity index (χ0v) is 19.9. The molecule has 0 unspecified atom stereocenters. The van der Waals surface area contributed by atoms with Crippen molar-refractivity contribution >= 4 is 41.3 Å². The maximum Gasteiger partial charge on any atom is 0.353 e. The van der Waals surface area contributed by atoms with Crippen molar-refractivity contribution in [2.75, 3.05) is 32.2 Å². The van der Waals surface area contributed by atoms with Gasteiger partial charge < -0.3 is 20.4 Å².